The molecule has 0 aliphatic carbocycles. The zero-order valence-corrected chi connectivity index (χ0v) is 10.4. The van der Waals surface area contributed by atoms with Crippen molar-refractivity contribution in [3.05, 3.63) is 35.0 Å². The van der Waals surface area contributed by atoms with Crippen LogP contribution in [-0.2, 0) is 4.79 Å². The third-order valence-electron chi connectivity index (χ3n) is 2.35. The molecule has 0 spiro atoms. The monoisotopic (exact) mass is 266 g/mol. The van der Waals surface area contributed by atoms with E-state index in [0.29, 0.717) is 16.4 Å². The number of halogens is 1. The summed E-state index contributed by atoms with van der Waals surface area (Å²) in [6.07, 6.45) is 0. The van der Waals surface area contributed by atoms with E-state index >= 15 is 0 Å². The lowest BCUT2D eigenvalue weighted by Crippen LogP contribution is -2.11. The van der Waals surface area contributed by atoms with Gasteiger partial charge < -0.3 is 10.4 Å². The second kappa shape index (κ2) is 5.14. The fourth-order valence-electron chi connectivity index (χ4n) is 1.44. The lowest BCUT2D eigenvalue weighted by Gasteiger charge is -2.00. The van der Waals surface area contributed by atoms with E-state index in [-0.39, 0.29) is 12.4 Å². The number of carboxylic acid groups (broad SMARTS) is 1. The summed E-state index contributed by atoms with van der Waals surface area (Å²) >= 11 is 1.32. The predicted octanol–water partition coefficient (Wildman–Crippen LogP) is 2.75. The van der Waals surface area contributed by atoms with Crippen LogP contribution in [0.2, 0.25) is 0 Å². The Hall–Kier alpha value is -1.95. The average Bonchev–Trinajstić information content (AvgIpc) is 2.79. The fourth-order valence-corrected chi connectivity index (χ4v) is 2.16. The van der Waals surface area contributed by atoms with Crippen LogP contribution >= 0.6 is 11.3 Å². The number of carbonyl (C=O) groups is 1. The number of aliphatic carboxylic acids is 1. The first kappa shape index (κ1) is 12.5. The summed E-state index contributed by atoms with van der Waals surface area (Å²) in [6.45, 7) is 1.52. The van der Waals surface area contributed by atoms with Crippen molar-refractivity contribution < 1.29 is 14.3 Å². The number of aryl methyl sites for hydroxylation is 1. The molecule has 2 aromatic rings. The Balaban J connectivity index is 2.18. The minimum Gasteiger partial charge on any atom is -0.480 e. The van der Waals surface area contributed by atoms with Gasteiger partial charge in [0.25, 0.3) is 0 Å². The van der Waals surface area contributed by atoms with E-state index in [2.05, 4.69) is 10.3 Å². The molecule has 94 valence electrons. The first-order valence-electron chi connectivity index (χ1n) is 5.24. The minimum absolute atomic E-state index is 0.171. The van der Waals surface area contributed by atoms with Gasteiger partial charge in [0.15, 0.2) is 5.13 Å². The van der Waals surface area contributed by atoms with Gasteiger partial charge in [-0.2, -0.15) is 0 Å². The van der Waals surface area contributed by atoms with E-state index in [4.69, 9.17) is 5.11 Å². The highest BCUT2D eigenvalue weighted by molar-refractivity contribution is 7.14. The number of hydrogen-bond acceptors (Lipinski definition) is 4. The zero-order valence-electron chi connectivity index (χ0n) is 9.61. The second-order valence-electron chi connectivity index (χ2n) is 3.75. The Morgan fingerprint density at radius 3 is 3.00 bits per heavy atom. The van der Waals surface area contributed by atoms with Crippen LogP contribution in [0, 0.1) is 12.7 Å². The van der Waals surface area contributed by atoms with E-state index in [0.717, 1.165) is 5.56 Å². The van der Waals surface area contributed by atoms with Crippen molar-refractivity contribution >= 4 is 22.4 Å². The van der Waals surface area contributed by atoms with Crippen LogP contribution in [0.25, 0.3) is 11.3 Å². The summed E-state index contributed by atoms with van der Waals surface area (Å²) in [5, 5.41) is 13.6. The van der Waals surface area contributed by atoms with Gasteiger partial charge in [-0.15, -0.1) is 11.3 Å². The molecule has 4 nitrogen and oxygen atoms in total. The van der Waals surface area contributed by atoms with Crippen LogP contribution in [0.4, 0.5) is 9.52 Å². The lowest BCUT2D eigenvalue weighted by molar-refractivity contribution is -0.134. The van der Waals surface area contributed by atoms with Crippen molar-refractivity contribution in [2.45, 2.75) is 6.92 Å². The molecular formula is C12H11FN2O2S. The third kappa shape index (κ3) is 2.84. The molecule has 2 rings (SSSR count). The van der Waals surface area contributed by atoms with Gasteiger partial charge >= 0.3 is 5.97 Å². The summed E-state index contributed by atoms with van der Waals surface area (Å²) in [4.78, 5) is 14.6. The Bertz CT molecular complexity index is 583. The maximum Gasteiger partial charge on any atom is 0.322 e. The first-order valence-corrected chi connectivity index (χ1v) is 6.12. The molecule has 0 aliphatic heterocycles. The molecule has 0 bridgehead atoms. The highest BCUT2D eigenvalue weighted by atomic mass is 32.1. The summed E-state index contributed by atoms with van der Waals surface area (Å²) in [6, 6.07) is 4.76. The first-order chi connectivity index (χ1) is 8.56. The molecule has 2 N–H and O–H groups in total. The van der Waals surface area contributed by atoms with Gasteiger partial charge in [0.05, 0.1) is 5.69 Å². The molecule has 0 amide bonds. The molecule has 1 aromatic heterocycles. The molecule has 1 heterocycles. The van der Waals surface area contributed by atoms with Crippen LogP contribution in [0.5, 0.6) is 0 Å². The number of thiazole rings is 1. The molecule has 1 aromatic carbocycles. The summed E-state index contributed by atoms with van der Waals surface area (Å²) in [5.41, 5.74) is 2.07. The number of nitrogens with one attached hydrogen (secondary N) is 1. The van der Waals surface area contributed by atoms with Crippen molar-refractivity contribution in [3.8, 4) is 11.3 Å². The van der Waals surface area contributed by atoms with Crippen LogP contribution < -0.4 is 5.32 Å². The van der Waals surface area contributed by atoms with E-state index in [1.54, 1.807) is 24.4 Å². The highest BCUT2D eigenvalue weighted by Gasteiger charge is 2.07. The summed E-state index contributed by atoms with van der Waals surface area (Å²) in [7, 11) is 0. The van der Waals surface area contributed by atoms with Gasteiger partial charge in [0.2, 0.25) is 0 Å². The number of nitrogens with zero attached hydrogens (tertiary/aromatic N) is 1. The van der Waals surface area contributed by atoms with Crippen molar-refractivity contribution in [1.82, 2.24) is 4.98 Å². The van der Waals surface area contributed by atoms with Gasteiger partial charge in [0.1, 0.15) is 12.4 Å². The number of hydrogen-bond donors (Lipinski definition) is 2. The fraction of sp³-hybridized carbons (Fsp3) is 0.167. The number of rotatable bonds is 4. The summed E-state index contributed by atoms with van der Waals surface area (Å²) < 4.78 is 13.1. The SMILES string of the molecule is Cc1cc(-c2csc(NCC(=O)O)n2)ccc1F. The smallest absolute Gasteiger partial charge is 0.322 e. The van der Waals surface area contributed by atoms with Crippen molar-refractivity contribution in [1.29, 1.82) is 0 Å². The molecule has 0 saturated carbocycles. The molecule has 0 saturated heterocycles. The standard InChI is InChI=1S/C12H11FN2O2S/c1-7-4-8(2-3-9(7)13)10-6-18-12(15-10)14-5-11(16)17/h2-4,6H,5H2,1H3,(H,14,15)(H,16,17). The van der Waals surface area contributed by atoms with Crippen LogP contribution in [0.15, 0.2) is 23.6 Å². The number of aromatic nitrogens is 1. The highest BCUT2D eigenvalue weighted by Crippen LogP contribution is 2.26. The molecule has 6 heteroatoms. The molecule has 0 unspecified atom stereocenters. The van der Waals surface area contributed by atoms with Crippen molar-refractivity contribution in [2.75, 3.05) is 11.9 Å². The molecule has 0 aliphatic rings. The van der Waals surface area contributed by atoms with Gasteiger partial charge in [-0.25, -0.2) is 9.37 Å². The number of carboxylic acids is 1. The molecule has 0 atom stereocenters. The van der Waals surface area contributed by atoms with Crippen LogP contribution in [0.1, 0.15) is 5.56 Å². The van der Waals surface area contributed by atoms with Gasteiger partial charge in [0, 0.05) is 10.9 Å². The van der Waals surface area contributed by atoms with Gasteiger partial charge in [-0.05, 0) is 30.7 Å². The van der Waals surface area contributed by atoms with Crippen LogP contribution in [0.3, 0.4) is 0 Å². The Kier molecular flexibility index (Phi) is 3.57. The Labute approximate surface area is 107 Å². The Morgan fingerprint density at radius 1 is 1.56 bits per heavy atom. The van der Waals surface area contributed by atoms with E-state index in [1.807, 2.05) is 0 Å². The second-order valence-corrected chi connectivity index (χ2v) is 4.61. The third-order valence-corrected chi connectivity index (χ3v) is 3.15. The maximum absolute atomic E-state index is 13.1. The number of anilines is 1. The van der Waals surface area contributed by atoms with Crippen molar-refractivity contribution in [2.24, 2.45) is 0 Å². The van der Waals surface area contributed by atoms with E-state index in [9.17, 15) is 9.18 Å². The topological polar surface area (TPSA) is 62.2 Å². The molecule has 18 heavy (non-hydrogen) atoms. The normalized spacial score (nSPS) is 10.3. The average molecular weight is 266 g/mol. The summed E-state index contributed by atoms with van der Waals surface area (Å²) in [5.74, 6) is -1.19. The van der Waals surface area contributed by atoms with E-state index < -0.39 is 5.97 Å². The van der Waals surface area contributed by atoms with Gasteiger partial charge in [-0.3, -0.25) is 4.79 Å². The van der Waals surface area contributed by atoms with E-state index in [1.165, 1.54) is 17.4 Å². The molecule has 0 radical (unpaired) electrons. The zero-order chi connectivity index (χ0) is 13.1. The lowest BCUT2D eigenvalue weighted by atomic mass is 10.1. The molecule has 0 fully saturated rings. The van der Waals surface area contributed by atoms with Gasteiger partial charge in [-0.1, -0.05) is 0 Å². The minimum atomic E-state index is -0.940. The Morgan fingerprint density at radius 2 is 2.33 bits per heavy atom. The van der Waals surface area contributed by atoms with Crippen LogP contribution in [-0.4, -0.2) is 22.6 Å². The maximum atomic E-state index is 13.1. The quantitative estimate of drug-likeness (QED) is 0.893. The largest absolute Gasteiger partial charge is 0.480 e. The molecular weight excluding hydrogens is 255 g/mol. The van der Waals surface area contributed by atoms with Crippen molar-refractivity contribution in [3.63, 3.8) is 0 Å². The predicted molar refractivity (Wildman–Crippen MR) is 68.4 cm³/mol. The number of benzene rings is 1.